The summed E-state index contributed by atoms with van der Waals surface area (Å²) < 4.78 is 5.14. The molecule has 0 aliphatic heterocycles. The third kappa shape index (κ3) is 4.16. The molecule has 2 nitrogen and oxygen atoms in total. The number of hydrogen-bond acceptors (Lipinski definition) is 3. The van der Waals surface area contributed by atoms with Crippen molar-refractivity contribution in [2.24, 2.45) is 0 Å². The van der Waals surface area contributed by atoms with Crippen LogP contribution >= 0.6 is 11.8 Å². The molecule has 0 aromatic heterocycles. The van der Waals surface area contributed by atoms with E-state index in [1.807, 2.05) is 18.8 Å². The van der Waals surface area contributed by atoms with Gasteiger partial charge in [-0.15, -0.1) is 11.8 Å². The van der Waals surface area contributed by atoms with Gasteiger partial charge in [0.05, 0.1) is 6.61 Å². The van der Waals surface area contributed by atoms with Crippen molar-refractivity contribution in [3.05, 3.63) is 29.8 Å². The Morgan fingerprint density at radius 2 is 2.12 bits per heavy atom. The molecule has 0 heterocycles. The van der Waals surface area contributed by atoms with Crippen molar-refractivity contribution < 1.29 is 4.74 Å². The van der Waals surface area contributed by atoms with E-state index in [-0.39, 0.29) is 0 Å². The molecule has 0 bridgehead atoms. The quantitative estimate of drug-likeness (QED) is 0.771. The van der Waals surface area contributed by atoms with E-state index in [4.69, 9.17) is 4.74 Å². The smallest absolute Gasteiger partial charge is 0.0582 e. The van der Waals surface area contributed by atoms with Crippen LogP contribution in [0.25, 0.3) is 0 Å². The van der Waals surface area contributed by atoms with Gasteiger partial charge in [0.1, 0.15) is 0 Å². The summed E-state index contributed by atoms with van der Waals surface area (Å²) >= 11 is 1.86. The fraction of sp³-hybridized carbons (Fsp3) is 0.538. The molecule has 0 saturated carbocycles. The lowest BCUT2D eigenvalue weighted by Gasteiger charge is -2.14. The topological polar surface area (TPSA) is 21.3 Å². The molecule has 0 fully saturated rings. The van der Waals surface area contributed by atoms with E-state index in [0.717, 1.165) is 6.61 Å². The zero-order valence-corrected chi connectivity index (χ0v) is 11.3. The van der Waals surface area contributed by atoms with Gasteiger partial charge in [-0.05, 0) is 31.7 Å². The number of rotatable bonds is 6. The predicted octanol–water partition coefficient (Wildman–Crippen LogP) is 3.09. The first-order chi connectivity index (χ1) is 7.67. The average molecular weight is 239 g/mol. The summed E-state index contributed by atoms with van der Waals surface area (Å²) in [4.78, 5) is 1.31. The van der Waals surface area contributed by atoms with Crippen LogP contribution in [0.15, 0.2) is 29.2 Å². The summed E-state index contributed by atoms with van der Waals surface area (Å²) in [5.74, 6) is 0. The average Bonchev–Trinajstić information content (AvgIpc) is 2.28. The lowest BCUT2D eigenvalue weighted by atomic mass is 10.1. The highest BCUT2D eigenvalue weighted by atomic mass is 32.2. The second-order valence-corrected chi connectivity index (χ2v) is 5.48. The fourth-order valence-corrected chi connectivity index (χ4v) is 2.55. The van der Waals surface area contributed by atoms with Gasteiger partial charge in [0.2, 0.25) is 0 Å². The molecule has 1 rings (SSSR count). The molecule has 2 atom stereocenters. The van der Waals surface area contributed by atoms with Gasteiger partial charge < -0.3 is 10.1 Å². The maximum Gasteiger partial charge on any atom is 0.0582 e. The summed E-state index contributed by atoms with van der Waals surface area (Å²) in [6.45, 7) is 5.14. The molecule has 0 radical (unpaired) electrons. The molecule has 0 spiro atoms. The van der Waals surface area contributed by atoms with Gasteiger partial charge in [0, 0.05) is 23.3 Å². The predicted molar refractivity (Wildman–Crippen MR) is 71.1 cm³/mol. The maximum atomic E-state index is 5.14. The molecule has 3 heteroatoms. The zero-order chi connectivity index (χ0) is 12.0. The van der Waals surface area contributed by atoms with Crippen LogP contribution in [0, 0.1) is 0 Å². The van der Waals surface area contributed by atoms with Crippen LogP contribution in [0.5, 0.6) is 0 Å². The van der Waals surface area contributed by atoms with Crippen molar-refractivity contribution in [2.45, 2.75) is 30.0 Å². The zero-order valence-electron chi connectivity index (χ0n) is 10.5. The first kappa shape index (κ1) is 13.6. The SMILES string of the molecule is CNC(C)c1cccc(SC(C)COC)c1. The highest BCUT2D eigenvalue weighted by Gasteiger charge is 2.06. The molecule has 0 aliphatic carbocycles. The number of hydrogen-bond donors (Lipinski definition) is 1. The van der Waals surface area contributed by atoms with Gasteiger partial charge >= 0.3 is 0 Å². The Morgan fingerprint density at radius 3 is 2.75 bits per heavy atom. The van der Waals surface area contributed by atoms with Crippen molar-refractivity contribution in [2.75, 3.05) is 20.8 Å². The number of thioether (sulfide) groups is 1. The van der Waals surface area contributed by atoms with Crippen LogP contribution in [-0.2, 0) is 4.74 Å². The van der Waals surface area contributed by atoms with Crippen LogP contribution in [-0.4, -0.2) is 26.0 Å². The number of benzene rings is 1. The lowest BCUT2D eigenvalue weighted by molar-refractivity contribution is 0.203. The largest absolute Gasteiger partial charge is 0.384 e. The summed E-state index contributed by atoms with van der Waals surface area (Å²) in [6.07, 6.45) is 0. The molecular weight excluding hydrogens is 218 g/mol. The highest BCUT2D eigenvalue weighted by molar-refractivity contribution is 8.00. The Bertz CT molecular complexity index is 317. The first-order valence-electron chi connectivity index (χ1n) is 5.60. The van der Waals surface area contributed by atoms with E-state index in [1.54, 1.807) is 7.11 Å². The highest BCUT2D eigenvalue weighted by Crippen LogP contribution is 2.25. The van der Waals surface area contributed by atoms with Gasteiger partial charge in [0.25, 0.3) is 0 Å². The Morgan fingerprint density at radius 1 is 1.38 bits per heavy atom. The maximum absolute atomic E-state index is 5.14. The minimum absolute atomic E-state index is 0.401. The van der Waals surface area contributed by atoms with Crippen molar-refractivity contribution in [1.29, 1.82) is 0 Å². The van der Waals surface area contributed by atoms with Gasteiger partial charge in [-0.25, -0.2) is 0 Å². The number of nitrogens with one attached hydrogen (secondary N) is 1. The molecular formula is C13H21NOS. The summed E-state index contributed by atoms with van der Waals surface area (Å²) in [7, 11) is 3.73. The molecule has 16 heavy (non-hydrogen) atoms. The molecule has 1 aromatic rings. The van der Waals surface area contributed by atoms with E-state index >= 15 is 0 Å². The molecule has 90 valence electrons. The molecule has 2 unspecified atom stereocenters. The monoisotopic (exact) mass is 239 g/mol. The van der Waals surface area contributed by atoms with E-state index in [0.29, 0.717) is 11.3 Å². The first-order valence-corrected chi connectivity index (χ1v) is 6.48. The standard InChI is InChI=1S/C13H21NOS/c1-10(9-15-4)16-13-7-5-6-12(8-13)11(2)14-3/h5-8,10-11,14H,9H2,1-4H3. The Hall–Kier alpha value is -0.510. The van der Waals surface area contributed by atoms with E-state index < -0.39 is 0 Å². The van der Waals surface area contributed by atoms with Crippen LogP contribution in [0.1, 0.15) is 25.5 Å². The second-order valence-electron chi connectivity index (χ2n) is 3.97. The van der Waals surface area contributed by atoms with Crippen LogP contribution in [0.4, 0.5) is 0 Å². The van der Waals surface area contributed by atoms with Crippen molar-refractivity contribution in [1.82, 2.24) is 5.32 Å². The van der Waals surface area contributed by atoms with E-state index in [2.05, 4.69) is 43.4 Å². The minimum Gasteiger partial charge on any atom is -0.384 e. The molecule has 0 amide bonds. The van der Waals surface area contributed by atoms with Gasteiger partial charge in [-0.1, -0.05) is 19.1 Å². The molecule has 0 saturated heterocycles. The summed E-state index contributed by atoms with van der Waals surface area (Å²) in [5, 5.41) is 3.74. The fourth-order valence-electron chi connectivity index (χ4n) is 1.52. The van der Waals surface area contributed by atoms with Crippen LogP contribution in [0.2, 0.25) is 0 Å². The van der Waals surface area contributed by atoms with Gasteiger partial charge in [-0.2, -0.15) is 0 Å². The van der Waals surface area contributed by atoms with E-state index in [9.17, 15) is 0 Å². The van der Waals surface area contributed by atoms with Crippen molar-refractivity contribution in [3.8, 4) is 0 Å². The third-order valence-corrected chi connectivity index (χ3v) is 3.59. The van der Waals surface area contributed by atoms with Gasteiger partial charge in [-0.3, -0.25) is 0 Å². The number of methoxy groups -OCH3 is 1. The normalized spacial score (nSPS) is 14.8. The van der Waals surface area contributed by atoms with Crippen molar-refractivity contribution >= 4 is 11.8 Å². The summed E-state index contributed by atoms with van der Waals surface area (Å²) in [5.41, 5.74) is 1.33. The Balaban J connectivity index is 2.67. The molecule has 0 aliphatic rings. The van der Waals surface area contributed by atoms with Crippen molar-refractivity contribution in [3.63, 3.8) is 0 Å². The third-order valence-electron chi connectivity index (χ3n) is 2.53. The summed E-state index contributed by atoms with van der Waals surface area (Å²) in [6, 6.07) is 9.08. The van der Waals surface area contributed by atoms with E-state index in [1.165, 1.54) is 10.5 Å². The Kier molecular flexibility index (Phi) is 5.88. The minimum atomic E-state index is 0.401. The van der Waals surface area contributed by atoms with Crippen LogP contribution < -0.4 is 5.32 Å². The molecule has 1 N–H and O–H groups in total. The van der Waals surface area contributed by atoms with Crippen LogP contribution in [0.3, 0.4) is 0 Å². The second kappa shape index (κ2) is 6.94. The van der Waals surface area contributed by atoms with Gasteiger partial charge in [0.15, 0.2) is 0 Å². The Labute approximate surface area is 103 Å². The number of ether oxygens (including phenoxy) is 1. The lowest BCUT2D eigenvalue weighted by Crippen LogP contribution is -2.12. The molecule has 1 aromatic carbocycles.